The van der Waals surface area contributed by atoms with Crippen LogP contribution in [0.5, 0.6) is 5.75 Å². The van der Waals surface area contributed by atoms with Crippen molar-refractivity contribution in [1.82, 2.24) is 10.6 Å². The monoisotopic (exact) mass is 384 g/mol. The molecule has 0 fully saturated rings. The zero-order valence-corrected chi connectivity index (χ0v) is 14.6. The number of amides is 2. The number of rotatable bonds is 7. The molecule has 2 rings (SSSR count). The number of alkyl halides is 3. The third-order valence-corrected chi connectivity index (χ3v) is 3.77. The van der Waals surface area contributed by atoms with Gasteiger partial charge in [0.1, 0.15) is 11.6 Å². The van der Waals surface area contributed by atoms with Crippen molar-refractivity contribution in [3.8, 4) is 5.75 Å². The molecule has 0 bridgehead atoms. The minimum absolute atomic E-state index is 0.0950. The Morgan fingerprint density at radius 3 is 2.41 bits per heavy atom. The van der Waals surface area contributed by atoms with Gasteiger partial charge in [0.25, 0.3) is 0 Å². The van der Waals surface area contributed by atoms with Crippen molar-refractivity contribution in [3.05, 3.63) is 65.5 Å². The lowest BCUT2D eigenvalue weighted by molar-refractivity contribution is -0.153. The Morgan fingerprint density at radius 1 is 1.11 bits per heavy atom. The van der Waals surface area contributed by atoms with Gasteiger partial charge in [-0.25, -0.2) is 9.18 Å². The summed E-state index contributed by atoms with van der Waals surface area (Å²) in [7, 11) is 0. The summed E-state index contributed by atoms with van der Waals surface area (Å²) in [6.07, 6.45) is -4.03. The van der Waals surface area contributed by atoms with Crippen molar-refractivity contribution in [1.29, 1.82) is 0 Å². The number of carbonyl (C=O) groups is 1. The molecule has 1 unspecified atom stereocenters. The van der Waals surface area contributed by atoms with Crippen LogP contribution in [0.25, 0.3) is 0 Å². The lowest BCUT2D eigenvalue weighted by atomic mass is 10.1. The van der Waals surface area contributed by atoms with E-state index in [1.54, 1.807) is 37.3 Å². The molecule has 8 heteroatoms. The summed E-state index contributed by atoms with van der Waals surface area (Å²) in [5, 5.41) is 5.35. The highest BCUT2D eigenvalue weighted by molar-refractivity contribution is 5.74. The Labute approximate surface area is 154 Å². The standard InChI is InChI=1S/C19H20F4N2O2/c1-13(14-6-8-16(9-7-14)27-12-19(21,22)23)25-18(26)24-11-10-15-4-2-3-5-17(15)20/h2-9,13H,10-12H2,1H3,(H2,24,25,26). The van der Waals surface area contributed by atoms with Crippen molar-refractivity contribution in [2.45, 2.75) is 25.6 Å². The van der Waals surface area contributed by atoms with Gasteiger partial charge < -0.3 is 15.4 Å². The lowest BCUT2D eigenvalue weighted by Crippen LogP contribution is -2.38. The molecule has 2 aromatic rings. The number of hydrogen-bond acceptors (Lipinski definition) is 2. The Morgan fingerprint density at radius 2 is 1.78 bits per heavy atom. The Balaban J connectivity index is 1.77. The summed E-state index contributed by atoms with van der Waals surface area (Å²) in [4.78, 5) is 11.9. The number of carbonyl (C=O) groups excluding carboxylic acids is 1. The first-order chi connectivity index (χ1) is 12.7. The smallest absolute Gasteiger partial charge is 0.422 e. The highest BCUT2D eigenvalue weighted by Gasteiger charge is 2.28. The van der Waals surface area contributed by atoms with Crippen LogP contribution in [0.3, 0.4) is 0 Å². The van der Waals surface area contributed by atoms with Gasteiger partial charge in [0, 0.05) is 6.54 Å². The molecule has 0 aliphatic heterocycles. The first-order valence-corrected chi connectivity index (χ1v) is 8.32. The molecular weight excluding hydrogens is 364 g/mol. The van der Waals surface area contributed by atoms with Gasteiger partial charge in [-0.15, -0.1) is 0 Å². The molecule has 0 aromatic heterocycles. The third kappa shape index (κ3) is 7.16. The number of nitrogens with one attached hydrogen (secondary N) is 2. The van der Waals surface area contributed by atoms with Crippen molar-refractivity contribution in [2.24, 2.45) is 0 Å². The average molecular weight is 384 g/mol. The summed E-state index contributed by atoms with van der Waals surface area (Å²) in [6, 6.07) is 11.5. The van der Waals surface area contributed by atoms with E-state index in [1.165, 1.54) is 18.2 Å². The number of ether oxygens (including phenoxy) is 1. The predicted molar refractivity (Wildman–Crippen MR) is 93.0 cm³/mol. The van der Waals surface area contributed by atoms with Crippen molar-refractivity contribution < 1.29 is 27.1 Å². The van der Waals surface area contributed by atoms with E-state index in [-0.39, 0.29) is 24.2 Å². The number of hydrogen-bond donors (Lipinski definition) is 2. The van der Waals surface area contributed by atoms with Crippen LogP contribution in [-0.2, 0) is 6.42 Å². The molecular formula is C19H20F4N2O2. The van der Waals surface area contributed by atoms with Gasteiger partial charge >= 0.3 is 12.2 Å². The maximum absolute atomic E-state index is 13.5. The van der Waals surface area contributed by atoms with E-state index in [2.05, 4.69) is 15.4 Å². The molecule has 0 heterocycles. The second kappa shape index (κ2) is 9.25. The van der Waals surface area contributed by atoms with Gasteiger partial charge in [-0.05, 0) is 42.7 Å². The van der Waals surface area contributed by atoms with E-state index >= 15 is 0 Å². The predicted octanol–water partition coefficient (Wildman–Crippen LogP) is 4.37. The minimum atomic E-state index is -4.39. The third-order valence-electron chi connectivity index (χ3n) is 3.77. The second-order valence-corrected chi connectivity index (χ2v) is 5.94. The van der Waals surface area contributed by atoms with Crippen LogP contribution in [0.1, 0.15) is 24.1 Å². The maximum atomic E-state index is 13.5. The molecule has 4 nitrogen and oxygen atoms in total. The van der Waals surface area contributed by atoms with E-state index in [9.17, 15) is 22.4 Å². The van der Waals surface area contributed by atoms with Gasteiger partial charge in [0.2, 0.25) is 0 Å². The summed E-state index contributed by atoms with van der Waals surface area (Å²) < 4.78 is 54.5. The fraction of sp³-hybridized carbons (Fsp3) is 0.316. The summed E-state index contributed by atoms with van der Waals surface area (Å²) >= 11 is 0. The van der Waals surface area contributed by atoms with Crippen LogP contribution in [-0.4, -0.2) is 25.4 Å². The molecule has 2 amide bonds. The molecule has 1 atom stereocenters. The normalized spacial score (nSPS) is 12.3. The van der Waals surface area contributed by atoms with Crippen LogP contribution < -0.4 is 15.4 Å². The van der Waals surface area contributed by atoms with Gasteiger partial charge in [0.05, 0.1) is 6.04 Å². The highest BCUT2D eigenvalue weighted by atomic mass is 19.4. The van der Waals surface area contributed by atoms with Gasteiger partial charge in [-0.2, -0.15) is 13.2 Å². The topological polar surface area (TPSA) is 50.4 Å². The van der Waals surface area contributed by atoms with E-state index in [1.807, 2.05) is 0 Å². The van der Waals surface area contributed by atoms with Gasteiger partial charge in [-0.3, -0.25) is 0 Å². The molecule has 2 aromatic carbocycles. The zero-order valence-electron chi connectivity index (χ0n) is 14.6. The van der Waals surface area contributed by atoms with Crippen LogP contribution in [0, 0.1) is 5.82 Å². The number of urea groups is 1. The van der Waals surface area contributed by atoms with Crippen LogP contribution in [0.2, 0.25) is 0 Å². The van der Waals surface area contributed by atoms with Crippen LogP contribution >= 0.6 is 0 Å². The zero-order chi connectivity index (χ0) is 19.9. The Hall–Kier alpha value is -2.77. The SMILES string of the molecule is CC(NC(=O)NCCc1ccccc1F)c1ccc(OCC(F)(F)F)cc1. The second-order valence-electron chi connectivity index (χ2n) is 5.94. The van der Waals surface area contributed by atoms with Gasteiger partial charge in [-0.1, -0.05) is 30.3 Å². The van der Waals surface area contributed by atoms with Crippen molar-refractivity contribution in [3.63, 3.8) is 0 Å². The molecule has 2 N–H and O–H groups in total. The van der Waals surface area contributed by atoms with Crippen LogP contribution in [0.4, 0.5) is 22.4 Å². The molecule has 146 valence electrons. The summed E-state index contributed by atoms with van der Waals surface area (Å²) in [6.45, 7) is 0.649. The molecule has 0 radical (unpaired) electrons. The first-order valence-electron chi connectivity index (χ1n) is 8.32. The molecule has 0 saturated heterocycles. The quantitative estimate of drug-likeness (QED) is 0.697. The summed E-state index contributed by atoms with van der Waals surface area (Å²) in [5.41, 5.74) is 1.22. The first kappa shape index (κ1) is 20.5. The number of halogens is 4. The Kier molecular flexibility index (Phi) is 7.04. The van der Waals surface area contributed by atoms with E-state index in [4.69, 9.17) is 0 Å². The molecule has 27 heavy (non-hydrogen) atoms. The number of benzene rings is 2. The van der Waals surface area contributed by atoms with E-state index < -0.39 is 18.8 Å². The molecule has 0 aliphatic carbocycles. The van der Waals surface area contributed by atoms with E-state index in [0.29, 0.717) is 17.5 Å². The van der Waals surface area contributed by atoms with Crippen LogP contribution in [0.15, 0.2) is 48.5 Å². The minimum Gasteiger partial charge on any atom is -0.484 e. The van der Waals surface area contributed by atoms with E-state index in [0.717, 1.165) is 0 Å². The Bertz CT molecular complexity index is 748. The largest absolute Gasteiger partial charge is 0.484 e. The molecule has 0 spiro atoms. The fourth-order valence-corrected chi connectivity index (χ4v) is 2.36. The molecule has 0 aliphatic rings. The maximum Gasteiger partial charge on any atom is 0.422 e. The fourth-order valence-electron chi connectivity index (χ4n) is 2.36. The lowest BCUT2D eigenvalue weighted by Gasteiger charge is -2.16. The van der Waals surface area contributed by atoms with Crippen molar-refractivity contribution in [2.75, 3.05) is 13.2 Å². The molecule has 0 saturated carbocycles. The summed E-state index contributed by atoms with van der Waals surface area (Å²) in [5.74, 6) is -0.224. The van der Waals surface area contributed by atoms with Crippen molar-refractivity contribution >= 4 is 6.03 Å². The van der Waals surface area contributed by atoms with Gasteiger partial charge in [0.15, 0.2) is 6.61 Å². The highest BCUT2D eigenvalue weighted by Crippen LogP contribution is 2.21. The average Bonchev–Trinajstić information content (AvgIpc) is 2.61.